The summed E-state index contributed by atoms with van der Waals surface area (Å²) in [6.07, 6.45) is 0.223. The Morgan fingerprint density at radius 3 is 1.11 bits per heavy atom. The smallest absolute Gasteiger partial charge is 0.251 e. The number of carbonyl (C=O) groups excluding carboxylic acids is 6. The number of hydrogen-bond acceptors (Lipinski definition) is 6. The molecule has 12 nitrogen and oxygen atoms in total. The van der Waals surface area contributed by atoms with Gasteiger partial charge in [0.25, 0.3) is 11.8 Å². The van der Waals surface area contributed by atoms with Crippen LogP contribution in [0.1, 0.15) is 127 Å². The first kappa shape index (κ1) is 39.1. The van der Waals surface area contributed by atoms with Gasteiger partial charge in [0, 0.05) is 48.1 Å². The van der Waals surface area contributed by atoms with Crippen molar-refractivity contribution in [3.05, 3.63) is 34.9 Å². The Morgan fingerprint density at radius 1 is 0.489 bits per heavy atom. The molecule has 12 heteroatoms. The summed E-state index contributed by atoms with van der Waals surface area (Å²) in [4.78, 5) is 77.4. The third-order valence-electron chi connectivity index (χ3n) is 6.47. The monoisotopic (exact) mass is 630 g/mol. The van der Waals surface area contributed by atoms with E-state index in [-0.39, 0.29) is 78.7 Å². The van der Waals surface area contributed by atoms with Crippen molar-refractivity contribution in [2.24, 2.45) is 0 Å². The molecule has 2 unspecified atom stereocenters. The molecule has 6 N–H and O–H groups in total. The predicted molar refractivity (Wildman–Crippen MR) is 175 cm³/mol. The molecule has 45 heavy (non-hydrogen) atoms. The Morgan fingerprint density at radius 2 is 0.822 bits per heavy atom. The van der Waals surface area contributed by atoms with Gasteiger partial charge in [-0.3, -0.25) is 28.8 Å². The Hall–Kier alpha value is -3.96. The molecule has 1 aromatic rings. The Labute approximate surface area is 268 Å². The molecule has 0 spiro atoms. The minimum absolute atomic E-state index is 0.0311. The van der Waals surface area contributed by atoms with Gasteiger partial charge in [-0.1, -0.05) is 13.8 Å². The third kappa shape index (κ3) is 15.1. The summed E-state index contributed by atoms with van der Waals surface area (Å²) in [7, 11) is 0. The Kier molecular flexibility index (Phi) is 16.3. The lowest BCUT2D eigenvalue weighted by Gasteiger charge is -2.22. The second kappa shape index (κ2) is 18.8. The van der Waals surface area contributed by atoms with E-state index in [0.717, 1.165) is 0 Å². The standard InChI is InChI=1S/C33H54N6O6/c1-18(2)23-15-24(30(42)38-26(32(44)36-21(7)8)11-13-28(40)34-19(3)4)17-25(16-23)31(43)39-27(33(45)37-22(9)10)12-14-29(41)35-20(5)6/h15-22,26-27H,11-14H2,1-10H3,(H,34,40)(H,35,41)(H,36,44)(H,37,45)(H,38,42)(H,39,43). The number of carbonyl (C=O) groups is 6. The van der Waals surface area contributed by atoms with Crippen LogP contribution in [-0.2, 0) is 19.2 Å². The van der Waals surface area contributed by atoms with Crippen LogP contribution in [0.15, 0.2) is 18.2 Å². The van der Waals surface area contributed by atoms with Gasteiger partial charge >= 0.3 is 0 Å². The van der Waals surface area contributed by atoms with Crippen molar-refractivity contribution < 1.29 is 28.8 Å². The van der Waals surface area contributed by atoms with E-state index in [9.17, 15) is 28.8 Å². The van der Waals surface area contributed by atoms with E-state index in [4.69, 9.17) is 0 Å². The maximum absolute atomic E-state index is 13.5. The molecule has 252 valence electrons. The van der Waals surface area contributed by atoms with Gasteiger partial charge < -0.3 is 31.9 Å². The van der Waals surface area contributed by atoms with Crippen molar-refractivity contribution in [2.45, 2.75) is 137 Å². The molecule has 0 heterocycles. The van der Waals surface area contributed by atoms with Crippen LogP contribution in [0.3, 0.4) is 0 Å². The highest BCUT2D eigenvalue weighted by molar-refractivity contribution is 6.02. The summed E-state index contributed by atoms with van der Waals surface area (Å²) < 4.78 is 0. The number of hydrogen-bond donors (Lipinski definition) is 6. The molecule has 1 aromatic carbocycles. The summed E-state index contributed by atoms with van der Waals surface area (Å²) >= 11 is 0. The molecular formula is C33H54N6O6. The molecule has 0 aliphatic heterocycles. The topological polar surface area (TPSA) is 175 Å². The van der Waals surface area contributed by atoms with Gasteiger partial charge in [-0.15, -0.1) is 0 Å². The zero-order valence-electron chi connectivity index (χ0n) is 28.6. The molecular weight excluding hydrogens is 576 g/mol. The highest BCUT2D eigenvalue weighted by atomic mass is 16.2. The average molecular weight is 631 g/mol. The second-order valence-corrected chi connectivity index (χ2v) is 12.9. The SMILES string of the molecule is CC(C)NC(=O)CCC(NC(=O)c1cc(C(=O)NC(CCC(=O)NC(C)C)C(=O)NC(C)C)cc(C(C)C)c1)C(=O)NC(C)C. The number of rotatable bonds is 17. The molecule has 0 aliphatic rings. The van der Waals surface area contributed by atoms with Gasteiger partial charge in [-0.2, -0.15) is 0 Å². The molecule has 0 saturated heterocycles. The zero-order chi connectivity index (χ0) is 34.4. The average Bonchev–Trinajstić information content (AvgIpc) is 2.90. The van der Waals surface area contributed by atoms with Gasteiger partial charge in [0.1, 0.15) is 12.1 Å². The van der Waals surface area contributed by atoms with Crippen LogP contribution in [0, 0.1) is 0 Å². The van der Waals surface area contributed by atoms with E-state index in [2.05, 4.69) is 31.9 Å². The van der Waals surface area contributed by atoms with E-state index in [1.807, 2.05) is 41.5 Å². The summed E-state index contributed by atoms with van der Waals surface area (Å²) in [5, 5.41) is 16.6. The maximum Gasteiger partial charge on any atom is 0.251 e. The fourth-order valence-corrected chi connectivity index (χ4v) is 4.38. The van der Waals surface area contributed by atoms with E-state index in [1.54, 1.807) is 39.8 Å². The van der Waals surface area contributed by atoms with Crippen LogP contribution < -0.4 is 31.9 Å². The van der Waals surface area contributed by atoms with Crippen LogP contribution in [0.5, 0.6) is 0 Å². The molecule has 0 saturated carbocycles. The van der Waals surface area contributed by atoms with Crippen molar-refractivity contribution in [3.8, 4) is 0 Å². The van der Waals surface area contributed by atoms with Crippen molar-refractivity contribution >= 4 is 35.4 Å². The molecule has 0 bridgehead atoms. The second-order valence-electron chi connectivity index (χ2n) is 12.9. The number of amides is 6. The minimum Gasteiger partial charge on any atom is -0.354 e. The maximum atomic E-state index is 13.5. The van der Waals surface area contributed by atoms with E-state index in [1.165, 1.54) is 6.07 Å². The van der Waals surface area contributed by atoms with E-state index in [0.29, 0.717) is 5.56 Å². The van der Waals surface area contributed by atoms with Crippen molar-refractivity contribution in [1.82, 2.24) is 31.9 Å². The minimum atomic E-state index is -0.987. The summed E-state index contributed by atoms with van der Waals surface area (Å²) in [5.74, 6) is -2.54. The summed E-state index contributed by atoms with van der Waals surface area (Å²) in [5.41, 5.74) is 1.01. The fraction of sp³-hybridized carbons (Fsp3) is 0.636. The highest BCUT2D eigenvalue weighted by Crippen LogP contribution is 2.20. The van der Waals surface area contributed by atoms with Gasteiger partial charge in [0.2, 0.25) is 23.6 Å². The molecule has 0 radical (unpaired) electrons. The van der Waals surface area contributed by atoms with E-state index >= 15 is 0 Å². The molecule has 1 rings (SSSR count). The third-order valence-corrected chi connectivity index (χ3v) is 6.47. The first-order valence-electron chi connectivity index (χ1n) is 15.9. The lowest BCUT2D eigenvalue weighted by molar-refractivity contribution is -0.126. The zero-order valence-corrected chi connectivity index (χ0v) is 28.6. The van der Waals surface area contributed by atoms with Crippen molar-refractivity contribution in [3.63, 3.8) is 0 Å². The van der Waals surface area contributed by atoms with Gasteiger partial charge in [0.05, 0.1) is 0 Å². The van der Waals surface area contributed by atoms with Crippen LogP contribution in [0.4, 0.5) is 0 Å². The summed E-state index contributed by atoms with van der Waals surface area (Å²) in [6.45, 7) is 18.3. The lowest BCUT2D eigenvalue weighted by Crippen LogP contribution is -2.49. The highest BCUT2D eigenvalue weighted by Gasteiger charge is 2.26. The molecule has 6 amide bonds. The van der Waals surface area contributed by atoms with Crippen LogP contribution in [-0.4, -0.2) is 71.7 Å². The Bertz CT molecular complexity index is 1110. The van der Waals surface area contributed by atoms with E-state index < -0.39 is 35.7 Å². The van der Waals surface area contributed by atoms with Crippen molar-refractivity contribution in [2.75, 3.05) is 0 Å². The molecule has 0 aromatic heterocycles. The predicted octanol–water partition coefficient (Wildman–Crippen LogP) is 2.67. The number of nitrogens with one attached hydrogen (secondary N) is 6. The molecule has 2 atom stereocenters. The normalized spacial score (nSPS) is 12.6. The molecule has 0 fully saturated rings. The van der Waals surface area contributed by atoms with Crippen LogP contribution >= 0.6 is 0 Å². The lowest BCUT2D eigenvalue weighted by atomic mass is 9.96. The number of benzene rings is 1. The quantitative estimate of drug-likeness (QED) is 0.154. The Balaban J connectivity index is 3.30. The first-order chi connectivity index (χ1) is 20.9. The van der Waals surface area contributed by atoms with Gasteiger partial charge in [-0.25, -0.2) is 0 Å². The van der Waals surface area contributed by atoms with Crippen molar-refractivity contribution in [1.29, 1.82) is 0 Å². The molecule has 0 aliphatic carbocycles. The van der Waals surface area contributed by atoms with Gasteiger partial charge in [-0.05, 0) is 97.9 Å². The van der Waals surface area contributed by atoms with Crippen LogP contribution in [0.2, 0.25) is 0 Å². The van der Waals surface area contributed by atoms with Crippen LogP contribution in [0.25, 0.3) is 0 Å². The largest absolute Gasteiger partial charge is 0.354 e. The summed E-state index contributed by atoms with van der Waals surface area (Å²) in [6, 6.07) is 2.24. The van der Waals surface area contributed by atoms with Gasteiger partial charge in [0.15, 0.2) is 0 Å². The first-order valence-corrected chi connectivity index (χ1v) is 15.9. The fourth-order valence-electron chi connectivity index (χ4n) is 4.38.